The van der Waals surface area contributed by atoms with Gasteiger partial charge in [-0.2, -0.15) is 0 Å². The minimum Gasteiger partial charge on any atom is -0.478 e. The first-order valence-electron chi connectivity index (χ1n) is 4.47. The highest BCUT2D eigenvalue weighted by Gasteiger charge is 2.04. The van der Waals surface area contributed by atoms with Crippen LogP contribution < -0.4 is 5.32 Å². The van der Waals surface area contributed by atoms with E-state index in [0.717, 1.165) is 11.6 Å². The maximum atomic E-state index is 13.2. The lowest BCUT2D eigenvalue weighted by Gasteiger charge is -2.04. The number of amides is 1. The van der Waals surface area contributed by atoms with Crippen molar-refractivity contribution in [2.24, 2.45) is 0 Å². The van der Waals surface area contributed by atoms with Crippen molar-refractivity contribution in [1.29, 1.82) is 0 Å². The molecule has 0 bridgehead atoms. The molecule has 1 aromatic carbocycles. The van der Waals surface area contributed by atoms with Crippen LogP contribution in [0.4, 0.5) is 10.1 Å². The fourth-order valence-corrected chi connectivity index (χ4v) is 1.06. The molecule has 0 aliphatic rings. The predicted octanol–water partition coefficient (Wildman–Crippen LogP) is 1.71. The van der Waals surface area contributed by atoms with E-state index in [1.54, 1.807) is 13.0 Å². The van der Waals surface area contributed by atoms with Crippen LogP contribution in [0, 0.1) is 12.7 Å². The van der Waals surface area contributed by atoms with Crippen LogP contribution in [0.3, 0.4) is 0 Å². The first kappa shape index (κ1) is 11.9. The summed E-state index contributed by atoms with van der Waals surface area (Å²) in [6.45, 7) is 1.75. The number of carboxylic acids is 1. The number of aliphatic carboxylic acids is 1. The number of halogens is 1. The second kappa shape index (κ2) is 5.06. The van der Waals surface area contributed by atoms with Gasteiger partial charge in [-0.05, 0) is 24.6 Å². The Morgan fingerprint density at radius 3 is 2.69 bits per heavy atom. The molecular formula is C11H10FNO3. The van der Waals surface area contributed by atoms with E-state index < -0.39 is 17.7 Å². The van der Waals surface area contributed by atoms with Crippen molar-refractivity contribution < 1.29 is 19.1 Å². The fraction of sp³-hybridized carbons (Fsp3) is 0.0909. The van der Waals surface area contributed by atoms with Crippen LogP contribution in [-0.4, -0.2) is 17.0 Å². The molecule has 0 fully saturated rings. The van der Waals surface area contributed by atoms with Crippen molar-refractivity contribution in [3.8, 4) is 0 Å². The number of carbonyl (C=O) groups is 2. The van der Waals surface area contributed by atoms with E-state index in [1.165, 1.54) is 12.1 Å². The lowest BCUT2D eigenvalue weighted by Crippen LogP contribution is -2.10. The molecule has 16 heavy (non-hydrogen) atoms. The molecule has 0 unspecified atom stereocenters. The molecule has 0 saturated carbocycles. The number of hydrogen-bond donors (Lipinski definition) is 2. The quantitative estimate of drug-likeness (QED) is 0.766. The Morgan fingerprint density at radius 1 is 1.38 bits per heavy atom. The van der Waals surface area contributed by atoms with Gasteiger partial charge in [0.15, 0.2) is 0 Å². The van der Waals surface area contributed by atoms with Gasteiger partial charge in [0.05, 0.1) is 5.69 Å². The van der Waals surface area contributed by atoms with Gasteiger partial charge >= 0.3 is 5.97 Å². The number of nitrogens with one attached hydrogen (secondary N) is 1. The Kier molecular flexibility index (Phi) is 3.77. The van der Waals surface area contributed by atoms with Gasteiger partial charge in [0, 0.05) is 12.2 Å². The van der Waals surface area contributed by atoms with Crippen LogP contribution in [0.25, 0.3) is 0 Å². The third-order valence-corrected chi connectivity index (χ3v) is 1.76. The Bertz CT molecular complexity index is 455. The smallest absolute Gasteiger partial charge is 0.328 e. The van der Waals surface area contributed by atoms with Crippen LogP contribution in [-0.2, 0) is 9.59 Å². The third kappa shape index (κ3) is 3.53. The van der Waals surface area contributed by atoms with Gasteiger partial charge < -0.3 is 10.4 Å². The topological polar surface area (TPSA) is 66.4 Å². The van der Waals surface area contributed by atoms with Crippen molar-refractivity contribution >= 4 is 17.6 Å². The monoisotopic (exact) mass is 223 g/mol. The molecule has 1 rings (SSSR count). The fourth-order valence-electron chi connectivity index (χ4n) is 1.06. The van der Waals surface area contributed by atoms with Gasteiger partial charge in [0.25, 0.3) is 0 Å². The number of rotatable bonds is 3. The summed E-state index contributed by atoms with van der Waals surface area (Å²) in [5.41, 5.74) is 0.818. The highest BCUT2D eigenvalue weighted by Crippen LogP contribution is 2.15. The van der Waals surface area contributed by atoms with Crippen molar-refractivity contribution in [2.75, 3.05) is 5.32 Å². The van der Waals surface area contributed by atoms with Gasteiger partial charge in [-0.1, -0.05) is 6.07 Å². The Morgan fingerprint density at radius 2 is 2.06 bits per heavy atom. The minimum atomic E-state index is -1.24. The van der Waals surface area contributed by atoms with Crippen LogP contribution >= 0.6 is 0 Å². The van der Waals surface area contributed by atoms with Crippen LogP contribution in [0.15, 0.2) is 30.4 Å². The zero-order chi connectivity index (χ0) is 12.1. The first-order chi connectivity index (χ1) is 7.49. The van der Waals surface area contributed by atoms with E-state index >= 15 is 0 Å². The van der Waals surface area contributed by atoms with E-state index in [-0.39, 0.29) is 5.69 Å². The number of hydrogen-bond acceptors (Lipinski definition) is 2. The largest absolute Gasteiger partial charge is 0.478 e. The SMILES string of the molecule is Cc1ccc(F)c(NC(=O)/C=C/C(=O)O)c1. The molecule has 0 aliphatic carbocycles. The summed E-state index contributed by atoms with van der Waals surface area (Å²) in [5.74, 6) is -2.49. The van der Waals surface area contributed by atoms with Gasteiger partial charge in [-0.3, -0.25) is 4.79 Å². The Balaban J connectivity index is 2.77. The van der Waals surface area contributed by atoms with Crippen LogP contribution in [0.1, 0.15) is 5.56 Å². The number of benzene rings is 1. The molecule has 1 aromatic rings. The summed E-state index contributed by atoms with van der Waals surface area (Å²) in [7, 11) is 0. The lowest BCUT2D eigenvalue weighted by molar-refractivity contribution is -0.131. The van der Waals surface area contributed by atoms with Crippen molar-refractivity contribution in [2.45, 2.75) is 6.92 Å². The normalized spacial score (nSPS) is 10.4. The van der Waals surface area contributed by atoms with Gasteiger partial charge in [-0.15, -0.1) is 0 Å². The van der Waals surface area contributed by atoms with E-state index in [9.17, 15) is 14.0 Å². The number of carbonyl (C=O) groups excluding carboxylic acids is 1. The molecule has 0 atom stereocenters. The molecule has 0 aliphatic heterocycles. The van der Waals surface area contributed by atoms with E-state index in [1.807, 2.05) is 0 Å². The summed E-state index contributed by atoms with van der Waals surface area (Å²) in [6, 6.07) is 4.26. The van der Waals surface area contributed by atoms with Gasteiger partial charge in [0.1, 0.15) is 5.82 Å². The molecule has 84 valence electrons. The van der Waals surface area contributed by atoms with Gasteiger partial charge in [-0.25, -0.2) is 9.18 Å². The molecule has 0 saturated heterocycles. The molecule has 5 heteroatoms. The summed E-state index contributed by atoms with van der Waals surface area (Å²) >= 11 is 0. The molecule has 1 amide bonds. The molecular weight excluding hydrogens is 213 g/mol. The second-order valence-corrected chi connectivity index (χ2v) is 3.14. The summed E-state index contributed by atoms with van der Waals surface area (Å²) in [6.07, 6.45) is 1.51. The third-order valence-electron chi connectivity index (χ3n) is 1.76. The average molecular weight is 223 g/mol. The highest BCUT2D eigenvalue weighted by molar-refractivity contribution is 6.02. The highest BCUT2D eigenvalue weighted by atomic mass is 19.1. The van der Waals surface area contributed by atoms with Crippen LogP contribution in [0.2, 0.25) is 0 Å². The lowest BCUT2D eigenvalue weighted by atomic mass is 10.2. The first-order valence-corrected chi connectivity index (χ1v) is 4.47. The summed E-state index contributed by atoms with van der Waals surface area (Å²) in [4.78, 5) is 21.3. The standard InChI is InChI=1S/C11H10FNO3/c1-7-2-3-8(12)9(6-7)13-10(14)4-5-11(15)16/h2-6H,1H3,(H,13,14)(H,15,16)/b5-4+. The Hall–Kier alpha value is -2.17. The average Bonchev–Trinajstić information content (AvgIpc) is 2.20. The van der Waals surface area contributed by atoms with Gasteiger partial charge in [0.2, 0.25) is 5.91 Å². The van der Waals surface area contributed by atoms with Crippen molar-refractivity contribution in [3.63, 3.8) is 0 Å². The maximum absolute atomic E-state index is 13.2. The Labute approximate surface area is 91.4 Å². The molecule has 2 N–H and O–H groups in total. The minimum absolute atomic E-state index is 0.0278. The number of anilines is 1. The molecule has 4 nitrogen and oxygen atoms in total. The van der Waals surface area contributed by atoms with Crippen molar-refractivity contribution in [3.05, 3.63) is 41.7 Å². The molecule has 0 aromatic heterocycles. The predicted molar refractivity (Wildman–Crippen MR) is 56.5 cm³/mol. The second-order valence-electron chi connectivity index (χ2n) is 3.14. The zero-order valence-electron chi connectivity index (χ0n) is 8.53. The zero-order valence-corrected chi connectivity index (χ0v) is 8.53. The van der Waals surface area contributed by atoms with E-state index in [4.69, 9.17) is 5.11 Å². The molecule has 0 heterocycles. The maximum Gasteiger partial charge on any atom is 0.328 e. The molecule has 0 spiro atoms. The molecule has 0 radical (unpaired) electrons. The number of aryl methyl sites for hydroxylation is 1. The van der Waals surface area contributed by atoms with E-state index in [0.29, 0.717) is 6.08 Å². The van der Waals surface area contributed by atoms with Crippen LogP contribution in [0.5, 0.6) is 0 Å². The summed E-state index contributed by atoms with van der Waals surface area (Å²) < 4.78 is 13.2. The summed E-state index contributed by atoms with van der Waals surface area (Å²) in [5, 5.41) is 10.5. The van der Waals surface area contributed by atoms with E-state index in [2.05, 4.69) is 5.32 Å². The van der Waals surface area contributed by atoms with Crippen molar-refractivity contribution in [1.82, 2.24) is 0 Å². The number of carboxylic acid groups (broad SMARTS) is 1.